The molecule has 1 aromatic carbocycles. The second-order valence-electron chi connectivity index (χ2n) is 9.95. The van der Waals surface area contributed by atoms with Crippen molar-refractivity contribution in [1.29, 1.82) is 0 Å². The Bertz CT molecular complexity index is 708. The van der Waals surface area contributed by atoms with Gasteiger partial charge in [-0.15, -0.1) is 0 Å². The summed E-state index contributed by atoms with van der Waals surface area (Å²) < 4.78 is 17.0. The summed E-state index contributed by atoms with van der Waals surface area (Å²) in [5.74, 6) is 0.161. The second-order valence-corrected chi connectivity index (χ2v) is 14.7. The van der Waals surface area contributed by atoms with E-state index in [1.165, 1.54) is 0 Å². The Labute approximate surface area is 188 Å². The fourth-order valence-electron chi connectivity index (χ4n) is 3.33. The van der Waals surface area contributed by atoms with Gasteiger partial charge in [-0.1, -0.05) is 51.1 Å². The van der Waals surface area contributed by atoms with E-state index in [1.54, 1.807) is 11.8 Å². The zero-order valence-corrected chi connectivity index (χ0v) is 21.0. The Morgan fingerprint density at radius 3 is 2.29 bits per heavy atom. The predicted octanol–water partition coefficient (Wildman–Crippen LogP) is 5.38. The maximum Gasteiger partial charge on any atom is 0.410 e. The molecule has 0 aromatic heterocycles. The highest BCUT2D eigenvalue weighted by Crippen LogP contribution is 2.37. The average molecular weight is 450 g/mol. The van der Waals surface area contributed by atoms with Crippen LogP contribution >= 0.6 is 0 Å². The van der Waals surface area contributed by atoms with Crippen LogP contribution in [0, 0.1) is 5.92 Å². The van der Waals surface area contributed by atoms with Gasteiger partial charge in [0.05, 0.1) is 6.61 Å². The molecule has 1 aromatic rings. The number of carbonyl (C=O) groups excluding carboxylic acids is 2. The summed E-state index contributed by atoms with van der Waals surface area (Å²) in [6, 6.07) is 9.69. The molecule has 1 atom stereocenters. The number of piperidine rings is 1. The van der Waals surface area contributed by atoms with Gasteiger partial charge in [-0.2, -0.15) is 0 Å². The molecule has 0 bridgehead atoms. The Morgan fingerprint density at radius 1 is 1.10 bits per heavy atom. The van der Waals surface area contributed by atoms with Crippen LogP contribution in [-0.4, -0.2) is 51.1 Å². The molecular formula is C24H39NO5Si. The van der Waals surface area contributed by atoms with Crippen LogP contribution < -0.4 is 0 Å². The highest BCUT2D eigenvalue weighted by Gasteiger charge is 2.40. The molecule has 1 aliphatic rings. The number of hydrogen-bond donors (Lipinski definition) is 0. The average Bonchev–Trinajstić information content (AvgIpc) is 2.72. The molecule has 31 heavy (non-hydrogen) atoms. The van der Waals surface area contributed by atoms with Crippen molar-refractivity contribution in [3.05, 3.63) is 35.9 Å². The van der Waals surface area contributed by atoms with E-state index in [0.717, 1.165) is 24.8 Å². The summed E-state index contributed by atoms with van der Waals surface area (Å²) >= 11 is 0. The van der Waals surface area contributed by atoms with Crippen LogP contribution in [0.2, 0.25) is 18.1 Å². The van der Waals surface area contributed by atoms with Crippen LogP contribution in [0.5, 0.6) is 0 Å². The number of ether oxygens (including phenoxy) is 2. The van der Waals surface area contributed by atoms with E-state index in [2.05, 4.69) is 33.9 Å². The summed E-state index contributed by atoms with van der Waals surface area (Å²) in [5.41, 5.74) is 0.985. The molecule has 1 fully saturated rings. The largest absolute Gasteiger partial charge is 0.464 e. The van der Waals surface area contributed by atoms with Crippen LogP contribution in [0.15, 0.2) is 30.3 Å². The molecule has 2 rings (SSSR count). The third-order valence-electron chi connectivity index (χ3n) is 6.46. The van der Waals surface area contributed by atoms with Crippen molar-refractivity contribution >= 4 is 20.4 Å². The van der Waals surface area contributed by atoms with E-state index in [4.69, 9.17) is 13.9 Å². The van der Waals surface area contributed by atoms with Gasteiger partial charge in [0.15, 0.2) is 8.32 Å². The van der Waals surface area contributed by atoms with Crippen molar-refractivity contribution in [2.45, 2.75) is 77.8 Å². The molecule has 0 saturated carbocycles. The summed E-state index contributed by atoms with van der Waals surface area (Å²) in [5, 5.41) is 0.0533. The Kier molecular flexibility index (Phi) is 9.12. The van der Waals surface area contributed by atoms with Crippen molar-refractivity contribution in [1.82, 2.24) is 4.90 Å². The standard InChI is InChI=1S/C24H39NO5Si/c1-19(30-31(5,6)24(2,3)4)22(26)28-17-14-20-12-15-25(16-13-20)23(27)29-18-21-10-8-7-9-11-21/h7-11,19-20H,12-18H2,1-6H3/t19-/m0/s1. The quantitative estimate of drug-likeness (QED) is 0.394. The van der Waals surface area contributed by atoms with E-state index >= 15 is 0 Å². The van der Waals surface area contributed by atoms with Gasteiger partial charge in [0.2, 0.25) is 0 Å². The van der Waals surface area contributed by atoms with Gasteiger partial charge in [0, 0.05) is 13.1 Å². The lowest BCUT2D eigenvalue weighted by atomic mass is 9.94. The van der Waals surface area contributed by atoms with Crippen LogP contribution in [0.3, 0.4) is 0 Å². The molecule has 1 amide bonds. The molecule has 0 radical (unpaired) electrons. The highest BCUT2D eigenvalue weighted by atomic mass is 28.4. The highest BCUT2D eigenvalue weighted by molar-refractivity contribution is 6.74. The first kappa shape index (κ1) is 25.4. The summed E-state index contributed by atoms with van der Waals surface area (Å²) in [6.45, 7) is 14.6. The number of likely N-dealkylation sites (tertiary alicyclic amines) is 1. The summed E-state index contributed by atoms with van der Waals surface area (Å²) in [7, 11) is -2.00. The molecule has 1 heterocycles. The number of carbonyl (C=O) groups is 2. The molecule has 0 N–H and O–H groups in total. The van der Waals surface area contributed by atoms with Crippen LogP contribution in [0.1, 0.15) is 52.5 Å². The number of nitrogens with zero attached hydrogens (tertiary/aromatic N) is 1. The lowest BCUT2D eigenvalue weighted by Crippen LogP contribution is -2.45. The molecule has 6 nitrogen and oxygen atoms in total. The minimum Gasteiger partial charge on any atom is -0.464 e. The Hall–Kier alpha value is -1.86. The van der Waals surface area contributed by atoms with Gasteiger partial charge in [-0.05, 0) is 55.8 Å². The van der Waals surface area contributed by atoms with E-state index in [9.17, 15) is 9.59 Å². The smallest absolute Gasteiger partial charge is 0.410 e. The molecule has 0 spiro atoms. The molecular weight excluding hydrogens is 410 g/mol. The van der Waals surface area contributed by atoms with Gasteiger partial charge in [-0.25, -0.2) is 9.59 Å². The van der Waals surface area contributed by atoms with Crippen molar-refractivity contribution in [2.75, 3.05) is 19.7 Å². The van der Waals surface area contributed by atoms with Crippen molar-refractivity contribution in [3.63, 3.8) is 0 Å². The lowest BCUT2D eigenvalue weighted by Gasteiger charge is -2.37. The summed E-state index contributed by atoms with van der Waals surface area (Å²) in [6.07, 6.45) is 1.81. The number of hydrogen-bond acceptors (Lipinski definition) is 5. The van der Waals surface area contributed by atoms with Gasteiger partial charge in [-0.3, -0.25) is 0 Å². The van der Waals surface area contributed by atoms with Crippen molar-refractivity contribution in [3.8, 4) is 0 Å². The minimum atomic E-state index is -2.00. The van der Waals surface area contributed by atoms with Crippen LogP contribution in [-0.2, 0) is 25.3 Å². The third-order valence-corrected chi connectivity index (χ3v) is 11.0. The van der Waals surface area contributed by atoms with Crippen molar-refractivity contribution in [2.24, 2.45) is 5.92 Å². The number of rotatable bonds is 8. The van der Waals surface area contributed by atoms with E-state index in [-0.39, 0.29) is 17.1 Å². The first-order chi connectivity index (χ1) is 14.5. The van der Waals surface area contributed by atoms with Gasteiger partial charge in [0.25, 0.3) is 0 Å². The molecule has 0 unspecified atom stereocenters. The third kappa shape index (κ3) is 7.96. The van der Waals surface area contributed by atoms with Gasteiger partial charge in [0.1, 0.15) is 12.7 Å². The first-order valence-electron chi connectivity index (χ1n) is 11.3. The SMILES string of the molecule is C[C@H](O[Si](C)(C)C(C)(C)C)C(=O)OCCC1CCN(C(=O)OCc2ccccc2)CC1. The molecule has 0 aliphatic carbocycles. The van der Waals surface area contributed by atoms with E-state index in [1.807, 2.05) is 30.3 Å². The van der Waals surface area contributed by atoms with E-state index in [0.29, 0.717) is 32.2 Å². The molecule has 174 valence electrons. The second kappa shape index (κ2) is 11.1. The molecule has 1 saturated heterocycles. The lowest BCUT2D eigenvalue weighted by molar-refractivity contribution is -0.152. The normalized spacial score (nSPS) is 16.6. The van der Waals surface area contributed by atoms with Crippen molar-refractivity contribution < 1.29 is 23.5 Å². The Balaban J connectivity index is 1.64. The Morgan fingerprint density at radius 2 is 1.71 bits per heavy atom. The molecule has 7 heteroatoms. The zero-order chi connectivity index (χ0) is 23.1. The molecule has 1 aliphatic heterocycles. The number of benzene rings is 1. The van der Waals surface area contributed by atoms with Crippen LogP contribution in [0.25, 0.3) is 0 Å². The van der Waals surface area contributed by atoms with Gasteiger partial charge >= 0.3 is 12.1 Å². The first-order valence-corrected chi connectivity index (χ1v) is 14.2. The predicted molar refractivity (Wildman–Crippen MR) is 124 cm³/mol. The fraction of sp³-hybridized carbons (Fsp3) is 0.667. The minimum absolute atomic E-state index is 0.0533. The monoisotopic (exact) mass is 449 g/mol. The number of amides is 1. The number of esters is 1. The zero-order valence-electron chi connectivity index (χ0n) is 20.0. The maximum absolute atomic E-state index is 12.3. The summed E-state index contributed by atoms with van der Waals surface area (Å²) in [4.78, 5) is 26.4. The fourth-order valence-corrected chi connectivity index (χ4v) is 4.66. The van der Waals surface area contributed by atoms with Crippen LogP contribution in [0.4, 0.5) is 4.79 Å². The topological polar surface area (TPSA) is 65.1 Å². The van der Waals surface area contributed by atoms with E-state index < -0.39 is 14.4 Å². The van der Waals surface area contributed by atoms with Gasteiger partial charge < -0.3 is 18.8 Å². The maximum atomic E-state index is 12.3.